The highest BCUT2D eigenvalue weighted by atomic mass is 19.1. The van der Waals surface area contributed by atoms with E-state index in [0.29, 0.717) is 17.8 Å². The first-order chi connectivity index (χ1) is 13.0. The van der Waals surface area contributed by atoms with Crippen molar-refractivity contribution in [2.24, 2.45) is 0 Å². The molecular formula is C20H18FN3O3. The molecule has 0 fully saturated rings. The third-order valence-corrected chi connectivity index (χ3v) is 3.48. The number of esters is 1. The SMILES string of the molecule is CCOC(=O)c1ccc(NC(=O)/C(C#N)=C\NCc2ccc(F)cc2)cc1. The topological polar surface area (TPSA) is 91.2 Å². The van der Waals surface area contributed by atoms with E-state index < -0.39 is 11.9 Å². The second kappa shape index (κ2) is 9.73. The van der Waals surface area contributed by atoms with E-state index in [1.165, 1.54) is 30.5 Å². The summed E-state index contributed by atoms with van der Waals surface area (Å²) in [5.41, 5.74) is 1.49. The molecule has 2 aromatic carbocycles. The number of carbonyl (C=O) groups excluding carboxylic acids is 2. The lowest BCUT2D eigenvalue weighted by molar-refractivity contribution is -0.112. The highest BCUT2D eigenvalue weighted by molar-refractivity contribution is 6.06. The van der Waals surface area contributed by atoms with Gasteiger partial charge >= 0.3 is 5.97 Å². The van der Waals surface area contributed by atoms with Crippen molar-refractivity contribution in [1.82, 2.24) is 5.32 Å². The first-order valence-corrected chi connectivity index (χ1v) is 8.20. The molecule has 7 heteroatoms. The zero-order valence-corrected chi connectivity index (χ0v) is 14.7. The molecule has 0 heterocycles. The second-order valence-electron chi connectivity index (χ2n) is 5.43. The number of nitrogens with one attached hydrogen (secondary N) is 2. The Hall–Kier alpha value is -3.66. The summed E-state index contributed by atoms with van der Waals surface area (Å²) in [5.74, 6) is -1.37. The molecule has 2 N–H and O–H groups in total. The van der Waals surface area contributed by atoms with E-state index in [1.807, 2.05) is 6.07 Å². The first kappa shape index (κ1) is 19.7. The number of halogens is 1. The number of anilines is 1. The van der Waals surface area contributed by atoms with Crippen LogP contribution in [0.15, 0.2) is 60.3 Å². The van der Waals surface area contributed by atoms with Gasteiger partial charge in [-0.1, -0.05) is 12.1 Å². The van der Waals surface area contributed by atoms with Gasteiger partial charge in [0.05, 0.1) is 12.2 Å². The van der Waals surface area contributed by atoms with Gasteiger partial charge in [-0.05, 0) is 48.9 Å². The minimum absolute atomic E-state index is 0.119. The molecule has 0 radical (unpaired) electrons. The van der Waals surface area contributed by atoms with Crippen molar-refractivity contribution in [3.63, 3.8) is 0 Å². The van der Waals surface area contributed by atoms with E-state index in [2.05, 4.69) is 10.6 Å². The fourth-order valence-electron chi connectivity index (χ4n) is 2.12. The zero-order chi connectivity index (χ0) is 19.6. The number of benzene rings is 2. The maximum Gasteiger partial charge on any atom is 0.338 e. The van der Waals surface area contributed by atoms with Crippen LogP contribution in [0.4, 0.5) is 10.1 Å². The van der Waals surface area contributed by atoms with Gasteiger partial charge in [-0.15, -0.1) is 0 Å². The van der Waals surface area contributed by atoms with Crippen molar-refractivity contribution in [3.8, 4) is 6.07 Å². The third kappa shape index (κ3) is 5.97. The minimum Gasteiger partial charge on any atom is -0.462 e. The fourth-order valence-corrected chi connectivity index (χ4v) is 2.12. The van der Waals surface area contributed by atoms with Crippen LogP contribution in [-0.2, 0) is 16.1 Å². The summed E-state index contributed by atoms with van der Waals surface area (Å²) in [5, 5.41) is 14.6. The Balaban J connectivity index is 1.94. The molecule has 0 saturated heterocycles. The summed E-state index contributed by atoms with van der Waals surface area (Å²) in [6.07, 6.45) is 1.30. The summed E-state index contributed by atoms with van der Waals surface area (Å²) >= 11 is 0. The van der Waals surface area contributed by atoms with Gasteiger partial charge in [-0.2, -0.15) is 5.26 Å². The van der Waals surface area contributed by atoms with Crippen LogP contribution >= 0.6 is 0 Å². The molecule has 27 heavy (non-hydrogen) atoms. The standard InChI is InChI=1S/C20H18FN3O3/c1-2-27-20(26)15-5-9-18(10-6-15)24-19(25)16(11-22)13-23-12-14-3-7-17(21)8-4-14/h3-10,13,23H,2,12H2,1H3,(H,24,25)/b16-13-. The van der Waals surface area contributed by atoms with Gasteiger partial charge in [0, 0.05) is 18.4 Å². The molecule has 138 valence electrons. The van der Waals surface area contributed by atoms with Crippen molar-refractivity contribution >= 4 is 17.6 Å². The van der Waals surface area contributed by atoms with Crippen LogP contribution in [0.3, 0.4) is 0 Å². The molecule has 2 aromatic rings. The number of hydrogen-bond acceptors (Lipinski definition) is 5. The molecule has 0 bridgehead atoms. The highest BCUT2D eigenvalue weighted by Gasteiger charge is 2.10. The average molecular weight is 367 g/mol. The van der Waals surface area contributed by atoms with Gasteiger partial charge in [-0.25, -0.2) is 9.18 Å². The van der Waals surface area contributed by atoms with Crippen LogP contribution in [0, 0.1) is 17.1 Å². The Bertz CT molecular complexity index is 869. The number of nitriles is 1. The molecule has 0 saturated carbocycles. The largest absolute Gasteiger partial charge is 0.462 e. The van der Waals surface area contributed by atoms with Gasteiger partial charge in [-0.3, -0.25) is 4.79 Å². The maximum atomic E-state index is 12.9. The van der Waals surface area contributed by atoms with E-state index in [1.54, 1.807) is 31.2 Å². The molecular weight excluding hydrogens is 349 g/mol. The number of nitrogens with zero attached hydrogens (tertiary/aromatic N) is 1. The van der Waals surface area contributed by atoms with Crippen LogP contribution in [0.5, 0.6) is 0 Å². The molecule has 2 rings (SSSR count). The fraction of sp³-hybridized carbons (Fsp3) is 0.150. The van der Waals surface area contributed by atoms with Crippen molar-refractivity contribution in [2.45, 2.75) is 13.5 Å². The van der Waals surface area contributed by atoms with Gasteiger partial charge in [0.2, 0.25) is 0 Å². The quantitative estimate of drug-likeness (QED) is 0.446. The Morgan fingerprint density at radius 2 is 1.81 bits per heavy atom. The summed E-state index contributed by atoms with van der Waals surface area (Å²) in [6, 6.07) is 13.8. The van der Waals surface area contributed by atoms with E-state index in [4.69, 9.17) is 10.00 Å². The Labute approximate surface area is 156 Å². The van der Waals surface area contributed by atoms with Crippen LogP contribution < -0.4 is 10.6 Å². The second-order valence-corrected chi connectivity index (χ2v) is 5.43. The summed E-state index contributed by atoms with van der Waals surface area (Å²) in [7, 11) is 0. The predicted molar refractivity (Wildman–Crippen MR) is 98.0 cm³/mol. The number of hydrogen-bond donors (Lipinski definition) is 2. The van der Waals surface area contributed by atoms with Crippen molar-refractivity contribution in [3.05, 3.63) is 77.2 Å². The van der Waals surface area contributed by atoms with E-state index in [9.17, 15) is 14.0 Å². The molecule has 1 amide bonds. The molecule has 0 aliphatic rings. The molecule has 0 aliphatic carbocycles. The lowest BCUT2D eigenvalue weighted by Crippen LogP contribution is -2.16. The van der Waals surface area contributed by atoms with Gasteiger partial charge in [0.1, 0.15) is 17.5 Å². The Kier molecular flexibility index (Phi) is 7.08. The van der Waals surface area contributed by atoms with E-state index in [-0.39, 0.29) is 18.0 Å². The number of ether oxygens (including phenoxy) is 1. The van der Waals surface area contributed by atoms with Gasteiger partial charge in [0.15, 0.2) is 0 Å². The molecule has 0 unspecified atom stereocenters. The highest BCUT2D eigenvalue weighted by Crippen LogP contribution is 2.12. The predicted octanol–water partition coefficient (Wildman–Crippen LogP) is 3.14. The van der Waals surface area contributed by atoms with Crippen LogP contribution in [0.25, 0.3) is 0 Å². The molecule has 6 nitrogen and oxygen atoms in total. The Morgan fingerprint density at radius 1 is 1.15 bits per heavy atom. The summed E-state index contributed by atoms with van der Waals surface area (Å²) < 4.78 is 17.7. The van der Waals surface area contributed by atoms with Crippen LogP contribution in [0.2, 0.25) is 0 Å². The lowest BCUT2D eigenvalue weighted by atomic mass is 10.2. The smallest absolute Gasteiger partial charge is 0.338 e. The van der Waals surface area contributed by atoms with Gasteiger partial charge < -0.3 is 15.4 Å². The average Bonchev–Trinajstić information content (AvgIpc) is 2.67. The van der Waals surface area contributed by atoms with Gasteiger partial charge in [0.25, 0.3) is 5.91 Å². The van der Waals surface area contributed by atoms with Crippen LogP contribution in [0.1, 0.15) is 22.8 Å². The third-order valence-electron chi connectivity index (χ3n) is 3.48. The van der Waals surface area contributed by atoms with E-state index in [0.717, 1.165) is 5.56 Å². The number of carbonyl (C=O) groups is 2. The maximum absolute atomic E-state index is 12.9. The molecule has 0 atom stereocenters. The molecule has 0 spiro atoms. The van der Waals surface area contributed by atoms with Crippen molar-refractivity contribution in [2.75, 3.05) is 11.9 Å². The number of amides is 1. The molecule has 0 aromatic heterocycles. The lowest BCUT2D eigenvalue weighted by Gasteiger charge is -2.07. The van der Waals surface area contributed by atoms with Crippen molar-refractivity contribution in [1.29, 1.82) is 5.26 Å². The summed E-state index contributed by atoms with van der Waals surface area (Å²) in [4.78, 5) is 23.8. The zero-order valence-electron chi connectivity index (χ0n) is 14.7. The van der Waals surface area contributed by atoms with Crippen molar-refractivity contribution < 1.29 is 18.7 Å². The monoisotopic (exact) mass is 367 g/mol. The van der Waals surface area contributed by atoms with E-state index >= 15 is 0 Å². The number of rotatable bonds is 7. The summed E-state index contributed by atoms with van der Waals surface area (Å²) in [6.45, 7) is 2.33. The molecule has 0 aliphatic heterocycles. The normalized spacial score (nSPS) is 10.6. The van der Waals surface area contributed by atoms with Crippen LogP contribution in [-0.4, -0.2) is 18.5 Å². The first-order valence-electron chi connectivity index (χ1n) is 8.20. The Morgan fingerprint density at radius 3 is 2.41 bits per heavy atom. The minimum atomic E-state index is -0.590.